The van der Waals surface area contributed by atoms with Gasteiger partial charge in [-0.3, -0.25) is 8.98 Å². The molecule has 10 heteroatoms. The van der Waals surface area contributed by atoms with Crippen molar-refractivity contribution in [2.45, 2.75) is 36.9 Å². The minimum atomic E-state index is -5.65. The zero-order valence-corrected chi connectivity index (χ0v) is 10.2. The second kappa shape index (κ2) is 4.67. The normalized spacial score (nSPS) is 28.6. The lowest BCUT2D eigenvalue weighted by Crippen LogP contribution is -2.62. The molecular weight excluding hydrogens is 279 g/mol. The van der Waals surface area contributed by atoms with Gasteiger partial charge in [0, 0.05) is 12.8 Å². The first-order valence-electron chi connectivity index (χ1n) is 4.97. The van der Waals surface area contributed by atoms with Crippen molar-refractivity contribution in [3.63, 3.8) is 0 Å². The van der Waals surface area contributed by atoms with Crippen molar-refractivity contribution in [3.8, 4) is 0 Å². The SMILES string of the molecule is CCOC(=O)C1(N)CC(OS(=O)(=O)C(F)(F)F)C1. The molecule has 0 saturated heterocycles. The number of ether oxygens (including phenoxy) is 1. The van der Waals surface area contributed by atoms with E-state index in [0.717, 1.165) is 0 Å². The Bertz CT molecular complexity index is 427. The lowest BCUT2D eigenvalue weighted by atomic mass is 9.75. The van der Waals surface area contributed by atoms with E-state index in [1.807, 2.05) is 0 Å². The van der Waals surface area contributed by atoms with E-state index < -0.39 is 33.2 Å². The maximum atomic E-state index is 12.0. The average molecular weight is 291 g/mol. The molecule has 18 heavy (non-hydrogen) atoms. The van der Waals surface area contributed by atoms with Gasteiger partial charge in [-0.2, -0.15) is 21.6 Å². The second-order valence-corrected chi connectivity index (χ2v) is 5.47. The molecule has 1 aliphatic rings. The van der Waals surface area contributed by atoms with Crippen LogP contribution in [0.2, 0.25) is 0 Å². The Kier molecular flexibility index (Phi) is 3.94. The summed E-state index contributed by atoms with van der Waals surface area (Å²) in [6.45, 7) is 1.62. The Morgan fingerprint density at radius 3 is 2.33 bits per heavy atom. The summed E-state index contributed by atoms with van der Waals surface area (Å²) in [5.74, 6) is -0.783. The van der Waals surface area contributed by atoms with Crippen LogP contribution in [-0.2, 0) is 23.8 Å². The molecule has 0 spiro atoms. The average Bonchev–Trinajstić information content (AvgIpc) is 2.13. The van der Waals surface area contributed by atoms with Gasteiger partial charge in [0.25, 0.3) is 0 Å². The molecule has 0 amide bonds. The lowest BCUT2D eigenvalue weighted by molar-refractivity contribution is -0.157. The highest BCUT2D eigenvalue weighted by Crippen LogP contribution is 2.37. The number of carbonyl (C=O) groups excluding carboxylic acids is 1. The Morgan fingerprint density at radius 1 is 1.44 bits per heavy atom. The lowest BCUT2D eigenvalue weighted by Gasteiger charge is -2.41. The van der Waals surface area contributed by atoms with Gasteiger partial charge in [0.15, 0.2) is 0 Å². The zero-order chi connectivity index (χ0) is 14.2. The van der Waals surface area contributed by atoms with E-state index in [9.17, 15) is 26.4 Å². The van der Waals surface area contributed by atoms with E-state index in [1.165, 1.54) is 0 Å². The van der Waals surface area contributed by atoms with E-state index in [1.54, 1.807) is 6.92 Å². The third-order valence-electron chi connectivity index (χ3n) is 2.41. The minimum absolute atomic E-state index is 0.0736. The molecule has 0 aliphatic heterocycles. The van der Waals surface area contributed by atoms with Crippen LogP contribution in [0.25, 0.3) is 0 Å². The van der Waals surface area contributed by atoms with Crippen molar-refractivity contribution < 1.29 is 35.3 Å². The standard InChI is InChI=1S/C8H12F3NO5S/c1-2-16-6(13)7(12)3-5(4-7)17-18(14,15)8(9,10)11/h5H,2-4,12H2,1H3. The van der Waals surface area contributed by atoms with Crippen molar-refractivity contribution in [1.82, 2.24) is 0 Å². The summed E-state index contributed by atoms with van der Waals surface area (Å²) in [4.78, 5) is 11.3. The molecule has 0 heterocycles. The van der Waals surface area contributed by atoms with Crippen molar-refractivity contribution in [3.05, 3.63) is 0 Å². The largest absolute Gasteiger partial charge is 0.523 e. The first-order chi connectivity index (χ1) is 8.02. The van der Waals surface area contributed by atoms with Gasteiger partial charge in [-0.1, -0.05) is 0 Å². The number of hydrogen-bond acceptors (Lipinski definition) is 6. The second-order valence-electron chi connectivity index (χ2n) is 3.90. The minimum Gasteiger partial charge on any atom is -0.465 e. The van der Waals surface area contributed by atoms with E-state index in [2.05, 4.69) is 8.92 Å². The van der Waals surface area contributed by atoms with E-state index >= 15 is 0 Å². The molecule has 0 bridgehead atoms. The molecule has 2 N–H and O–H groups in total. The predicted octanol–water partition coefficient (Wildman–Crippen LogP) is 0.276. The third kappa shape index (κ3) is 2.93. The van der Waals surface area contributed by atoms with Gasteiger partial charge in [0.1, 0.15) is 5.54 Å². The summed E-state index contributed by atoms with van der Waals surface area (Å²) in [7, 11) is -5.65. The fourth-order valence-electron chi connectivity index (χ4n) is 1.50. The Hall–Kier alpha value is -0.870. The molecule has 0 radical (unpaired) electrons. The van der Waals surface area contributed by atoms with Crippen LogP contribution in [0.1, 0.15) is 19.8 Å². The fourth-order valence-corrected chi connectivity index (χ4v) is 2.10. The summed E-state index contributed by atoms with van der Waals surface area (Å²) in [6.07, 6.45) is -1.92. The maximum absolute atomic E-state index is 12.0. The number of nitrogens with two attached hydrogens (primary N) is 1. The van der Waals surface area contributed by atoms with Crippen LogP contribution in [-0.4, -0.2) is 38.1 Å². The van der Waals surface area contributed by atoms with Gasteiger partial charge in [-0.15, -0.1) is 0 Å². The molecule has 0 aromatic carbocycles. The first kappa shape index (κ1) is 15.2. The van der Waals surface area contributed by atoms with Crippen molar-refractivity contribution in [2.75, 3.05) is 6.61 Å². The van der Waals surface area contributed by atoms with Crippen LogP contribution < -0.4 is 5.73 Å². The molecule has 0 unspecified atom stereocenters. The van der Waals surface area contributed by atoms with E-state index in [-0.39, 0.29) is 19.4 Å². The molecule has 1 fully saturated rings. The van der Waals surface area contributed by atoms with Crippen molar-refractivity contribution in [1.29, 1.82) is 0 Å². The van der Waals surface area contributed by atoms with Gasteiger partial charge in [0.05, 0.1) is 12.7 Å². The number of rotatable bonds is 4. The molecule has 6 nitrogen and oxygen atoms in total. The summed E-state index contributed by atoms with van der Waals surface area (Å²) in [6, 6.07) is 0. The van der Waals surface area contributed by atoms with Gasteiger partial charge < -0.3 is 10.5 Å². The molecule has 0 aromatic heterocycles. The highest BCUT2D eigenvalue weighted by Gasteiger charge is 2.55. The highest BCUT2D eigenvalue weighted by molar-refractivity contribution is 7.87. The van der Waals surface area contributed by atoms with Crippen LogP contribution in [0, 0.1) is 0 Å². The van der Waals surface area contributed by atoms with Gasteiger partial charge in [-0.25, -0.2) is 0 Å². The monoisotopic (exact) mass is 291 g/mol. The molecular formula is C8H12F3NO5S. The number of esters is 1. The summed E-state index contributed by atoms with van der Waals surface area (Å²) < 4.78 is 65.8. The Morgan fingerprint density at radius 2 is 1.94 bits per heavy atom. The van der Waals surface area contributed by atoms with Crippen molar-refractivity contribution in [2.24, 2.45) is 5.73 Å². The molecule has 106 valence electrons. The summed E-state index contributed by atoms with van der Waals surface area (Å²) >= 11 is 0. The Balaban J connectivity index is 2.56. The third-order valence-corrected chi connectivity index (χ3v) is 3.50. The molecule has 1 rings (SSSR count). The van der Waals surface area contributed by atoms with Crippen molar-refractivity contribution >= 4 is 16.1 Å². The van der Waals surface area contributed by atoms with E-state index in [4.69, 9.17) is 5.73 Å². The molecule has 1 saturated carbocycles. The predicted molar refractivity (Wildman–Crippen MR) is 52.6 cm³/mol. The molecule has 1 aliphatic carbocycles. The highest BCUT2D eigenvalue weighted by atomic mass is 32.2. The number of alkyl halides is 3. The van der Waals surface area contributed by atoms with Gasteiger partial charge >= 0.3 is 21.6 Å². The number of halogens is 3. The van der Waals surface area contributed by atoms with E-state index in [0.29, 0.717) is 0 Å². The Labute approximate surface area is 101 Å². The quantitative estimate of drug-likeness (QED) is 0.454. The fraction of sp³-hybridized carbons (Fsp3) is 0.875. The molecule has 0 aromatic rings. The molecule has 0 atom stereocenters. The summed E-state index contributed by atoms with van der Waals surface area (Å²) in [5, 5.41) is 0. The van der Waals surface area contributed by atoms with Crippen LogP contribution >= 0.6 is 0 Å². The van der Waals surface area contributed by atoms with Crippen LogP contribution in [0.5, 0.6) is 0 Å². The van der Waals surface area contributed by atoms with Crippen LogP contribution in [0.4, 0.5) is 13.2 Å². The first-order valence-corrected chi connectivity index (χ1v) is 6.38. The smallest absolute Gasteiger partial charge is 0.465 e. The van der Waals surface area contributed by atoms with Gasteiger partial charge in [-0.05, 0) is 6.92 Å². The van der Waals surface area contributed by atoms with Gasteiger partial charge in [0.2, 0.25) is 0 Å². The topological polar surface area (TPSA) is 95.7 Å². The zero-order valence-electron chi connectivity index (χ0n) is 9.36. The van der Waals surface area contributed by atoms with Crippen LogP contribution in [0.15, 0.2) is 0 Å². The number of hydrogen-bond donors (Lipinski definition) is 1. The maximum Gasteiger partial charge on any atom is 0.523 e. The number of carbonyl (C=O) groups is 1. The van der Waals surface area contributed by atoms with Crippen LogP contribution in [0.3, 0.4) is 0 Å². The summed E-state index contributed by atoms with van der Waals surface area (Å²) in [5.41, 5.74) is -1.43.